The molecule has 3 aromatic rings. The van der Waals surface area contributed by atoms with Crippen LogP contribution < -0.4 is 20.9 Å². The van der Waals surface area contributed by atoms with Gasteiger partial charge in [-0.1, -0.05) is 63.2 Å². The number of carbonyl (C=O) groups is 2. The number of benzene rings is 3. The predicted octanol–water partition coefficient (Wildman–Crippen LogP) is 7.18. The first-order valence-corrected chi connectivity index (χ1v) is 13.2. The number of urea groups is 1. The van der Waals surface area contributed by atoms with Crippen molar-refractivity contribution in [3.63, 3.8) is 0 Å². The van der Waals surface area contributed by atoms with Crippen LogP contribution in [0.25, 0.3) is 0 Å². The Morgan fingerprint density at radius 2 is 1.43 bits per heavy atom. The fourth-order valence-corrected chi connectivity index (χ4v) is 4.67. The summed E-state index contributed by atoms with van der Waals surface area (Å²) in [6.07, 6.45) is 2.19. The highest BCUT2D eigenvalue weighted by atomic mass is 16.2. The molecule has 1 aliphatic heterocycles. The van der Waals surface area contributed by atoms with Gasteiger partial charge < -0.3 is 20.9 Å². The van der Waals surface area contributed by atoms with Crippen LogP contribution in [0.4, 0.5) is 21.9 Å². The Hall–Kier alpha value is -3.80. The molecule has 6 nitrogen and oxygen atoms in total. The van der Waals surface area contributed by atoms with E-state index >= 15 is 0 Å². The van der Waals surface area contributed by atoms with Gasteiger partial charge in [0, 0.05) is 30.2 Å². The molecule has 3 aromatic carbocycles. The van der Waals surface area contributed by atoms with Gasteiger partial charge in [-0.2, -0.15) is 0 Å². The maximum absolute atomic E-state index is 13.5. The van der Waals surface area contributed by atoms with Crippen LogP contribution in [-0.4, -0.2) is 25.0 Å². The topological polar surface area (TPSA) is 73.5 Å². The van der Waals surface area contributed by atoms with Crippen molar-refractivity contribution in [3.8, 4) is 0 Å². The van der Waals surface area contributed by atoms with Crippen molar-refractivity contribution >= 4 is 29.0 Å². The molecule has 0 aromatic heterocycles. The lowest BCUT2D eigenvalue weighted by atomic mass is 9.97. The number of amides is 3. The maximum Gasteiger partial charge on any atom is 0.323 e. The normalized spacial score (nSPS) is 14.8. The van der Waals surface area contributed by atoms with Crippen LogP contribution in [0.15, 0.2) is 72.8 Å². The van der Waals surface area contributed by atoms with E-state index in [-0.39, 0.29) is 18.0 Å². The molecule has 1 fully saturated rings. The molecule has 1 aliphatic rings. The van der Waals surface area contributed by atoms with Crippen molar-refractivity contribution in [2.45, 2.75) is 52.5 Å². The lowest BCUT2D eigenvalue weighted by Gasteiger charge is -2.33. The standard InChI is InChI=1S/C31H38N4O2/c1-21(2)24-10-12-26(13-11-24)33-31(37)34-27-14-15-29(35-18-16-22(3)17-19-35)28(20-27)30(36)32-23(4)25-8-6-5-7-9-25/h5-15,20-23H,16-19H2,1-4H3,(H,32,36)(H2,33,34,37). The first-order chi connectivity index (χ1) is 17.8. The second-order valence-electron chi connectivity index (χ2n) is 10.4. The quantitative estimate of drug-likeness (QED) is 0.323. The zero-order valence-corrected chi connectivity index (χ0v) is 22.3. The molecule has 0 aliphatic carbocycles. The average molecular weight is 499 g/mol. The minimum atomic E-state index is -0.346. The molecule has 6 heteroatoms. The summed E-state index contributed by atoms with van der Waals surface area (Å²) in [6.45, 7) is 10.4. The van der Waals surface area contributed by atoms with E-state index < -0.39 is 0 Å². The van der Waals surface area contributed by atoms with Crippen molar-refractivity contribution in [1.82, 2.24) is 5.32 Å². The molecule has 4 rings (SSSR count). The number of nitrogens with zero attached hydrogens (tertiary/aromatic N) is 1. The number of piperidine rings is 1. The van der Waals surface area contributed by atoms with Gasteiger partial charge in [-0.15, -0.1) is 0 Å². The van der Waals surface area contributed by atoms with Crippen LogP contribution in [0.2, 0.25) is 0 Å². The SMILES string of the molecule is CC1CCN(c2ccc(NC(=O)Nc3ccc(C(C)C)cc3)cc2C(=O)NC(C)c2ccccc2)CC1. The summed E-state index contributed by atoms with van der Waals surface area (Å²) in [5.74, 6) is 0.961. The third-order valence-electron chi connectivity index (χ3n) is 7.11. The van der Waals surface area contributed by atoms with Crippen molar-refractivity contribution in [2.24, 2.45) is 5.92 Å². The molecule has 1 saturated heterocycles. The van der Waals surface area contributed by atoms with E-state index in [1.165, 1.54) is 5.56 Å². The molecule has 194 valence electrons. The average Bonchev–Trinajstić information content (AvgIpc) is 2.90. The lowest BCUT2D eigenvalue weighted by molar-refractivity contribution is 0.0940. The highest BCUT2D eigenvalue weighted by molar-refractivity contribution is 6.04. The van der Waals surface area contributed by atoms with Gasteiger partial charge in [0.15, 0.2) is 0 Å². The molecular formula is C31H38N4O2. The number of rotatable bonds is 7. The van der Waals surface area contributed by atoms with Crippen LogP contribution in [-0.2, 0) is 0 Å². The third-order valence-corrected chi connectivity index (χ3v) is 7.11. The van der Waals surface area contributed by atoms with E-state index in [1.54, 1.807) is 6.07 Å². The van der Waals surface area contributed by atoms with Crippen molar-refractivity contribution in [2.75, 3.05) is 28.6 Å². The predicted molar refractivity (Wildman–Crippen MR) is 153 cm³/mol. The summed E-state index contributed by atoms with van der Waals surface area (Å²) in [6, 6.07) is 22.9. The van der Waals surface area contributed by atoms with Gasteiger partial charge in [0.1, 0.15) is 0 Å². The summed E-state index contributed by atoms with van der Waals surface area (Å²) in [4.78, 5) is 28.5. The number of hydrogen-bond donors (Lipinski definition) is 3. The monoisotopic (exact) mass is 498 g/mol. The number of anilines is 3. The molecule has 0 bridgehead atoms. The Kier molecular flexibility index (Phi) is 8.49. The summed E-state index contributed by atoms with van der Waals surface area (Å²) in [7, 11) is 0. The van der Waals surface area contributed by atoms with E-state index in [0.29, 0.717) is 23.1 Å². The Bertz CT molecular complexity index is 1200. The van der Waals surface area contributed by atoms with Gasteiger partial charge in [0.05, 0.1) is 11.6 Å². The summed E-state index contributed by atoms with van der Waals surface area (Å²) in [5.41, 5.74) is 5.02. The Morgan fingerprint density at radius 1 is 0.811 bits per heavy atom. The van der Waals surface area contributed by atoms with Gasteiger partial charge in [-0.3, -0.25) is 4.79 Å². The van der Waals surface area contributed by atoms with Crippen molar-refractivity contribution < 1.29 is 9.59 Å². The summed E-state index contributed by atoms with van der Waals surface area (Å²) >= 11 is 0. The van der Waals surface area contributed by atoms with E-state index in [9.17, 15) is 9.59 Å². The zero-order valence-electron chi connectivity index (χ0n) is 22.3. The Labute approximate surface area is 220 Å². The molecule has 1 heterocycles. The first kappa shape index (κ1) is 26.3. The van der Waals surface area contributed by atoms with Crippen LogP contribution in [0.5, 0.6) is 0 Å². The third kappa shape index (κ3) is 6.91. The van der Waals surface area contributed by atoms with Gasteiger partial charge >= 0.3 is 6.03 Å². The number of nitrogens with one attached hydrogen (secondary N) is 3. The van der Waals surface area contributed by atoms with E-state index in [1.807, 2.05) is 73.7 Å². The fraction of sp³-hybridized carbons (Fsp3) is 0.355. The van der Waals surface area contributed by atoms with Crippen LogP contribution in [0, 0.1) is 5.92 Å². The molecule has 0 radical (unpaired) electrons. The van der Waals surface area contributed by atoms with Crippen molar-refractivity contribution in [3.05, 3.63) is 89.5 Å². The molecule has 0 spiro atoms. The second-order valence-corrected chi connectivity index (χ2v) is 10.4. The van der Waals surface area contributed by atoms with Crippen LogP contribution in [0.3, 0.4) is 0 Å². The molecular weight excluding hydrogens is 460 g/mol. The van der Waals surface area contributed by atoms with E-state index in [4.69, 9.17) is 0 Å². The van der Waals surface area contributed by atoms with Crippen LogP contribution in [0.1, 0.15) is 74.0 Å². The fourth-order valence-electron chi connectivity index (χ4n) is 4.67. The Morgan fingerprint density at radius 3 is 2.08 bits per heavy atom. The first-order valence-electron chi connectivity index (χ1n) is 13.2. The lowest BCUT2D eigenvalue weighted by Crippen LogP contribution is -2.35. The minimum absolute atomic E-state index is 0.142. The number of hydrogen-bond acceptors (Lipinski definition) is 3. The molecule has 1 unspecified atom stereocenters. The molecule has 1 atom stereocenters. The number of carbonyl (C=O) groups excluding carboxylic acids is 2. The highest BCUT2D eigenvalue weighted by Gasteiger charge is 2.23. The molecule has 0 saturated carbocycles. The zero-order chi connectivity index (χ0) is 26.4. The van der Waals surface area contributed by atoms with Gasteiger partial charge in [-0.25, -0.2) is 4.79 Å². The molecule has 3 amide bonds. The van der Waals surface area contributed by atoms with E-state index in [0.717, 1.165) is 42.9 Å². The highest BCUT2D eigenvalue weighted by Crippen LogP contribution is 2.29. The van der Waals surface area contributed by atoms with Gasteiger partial charge in [-0.05, 0) is 73.1 Å². The Balaban J connectivity index is 1.52. The van der Waals surface area contributed by atoms with Crippen LogP contribution >= 0.6 is 0 Å². The van der Waals surface area contributed by atoms with Gasteiger partial charge in [0.2, 0.25) is 0 Å². The maximum atomic E-state index is 13.5. The van der Waals surface area contributed by atoms with E-state index in [2.05, 4.69) is 41.6 Å². The molecule has 3 N–H and O–H groups in total. The molecule has 37 heavy (non-hydrogen) atoms. The smallest absolute Gasteiger partial charge is 0.323 e. The summed E-state index contributed by atoms with van der Waals surface area (Å²) < 4.78 is 0. The summed E-state index contributed by atoms with van der Waals surface area (Å²) in [5, 5.41) is 8.92. The second kappa shape index (κ2) is 12.0. The van der Waals surface area contributed by atoms with Gasteiger partial charge in [0.25, 0.3) is 5.91 Å². The van der Waals surface area contributed by atoms with Crippen molar-refractivity contribution in [1.29, 1.82) is 0 Å². The largest absolute Gasteiger partial charge is 0.371 e. The minimum Gasteiger partial charge on any atom is -0.371 e.